The van der Waals surface area contributed by atoms with Crippen LogP contribution in [0.5, 0.6) is 0 Å². The van der Waals surface area contributed by atoms with E-state index in [1.165, 1.54) is 0 Å². The minimum atomic E-state index is -0.113. The first-order valence-corrected chi connectivity index (χ1v) is 5.13. The van der Waals surface area contributed by atoms with Crippen molar-refractivity contribution in [1.29, 1.82) is 0 Å². The van der Waals surface area contributed by atoms with E-state index >= 15 is 0 Å². The Bertz CT molecular complexity index is 84.2. The normalized spacial score (nSPS) is 18.9. The molecule has 0 aromatic rings. The summed E-state index contributed by atoms with van der Waals surface area (Å²) < 4.78 is 0.359. The SMILES string of the molecule is CC(N)(I)C(I)CCN.[Pt]. The number of halogens is 2. The van der Waals surface area contributed by atoms with E-state index in [9.17, 15) is 0 Å². The van der Waals surface area contributed by atoms with Crippen LogP contribution in [0, 0.1) is 0 Å². The summed E-state index contributed by atoms with van der Waals surface area (Å²) in [5.74, 6) is 0. The summed E-state index contributed by atoms with van der Waals surface area (Å²) in [6, 6.07) is 0. The molecule has 0 aliphatic rings. The van der Waals surface area contributed by atoms with Gasteiger partial charge >= 0.3 is 0 Å². The summed E-state index contributed by atoms with van der Waals surface area (Å²) in [6.07, 6.45) is 0.997. The van der Waals surface area contributed by atoms with Crippen LogP contribution < -0.4 is 11.5 Å². The molecule has 10 heavy (non-hydrogen) atoms. The van der Waals surface area contributed by atoms with Crippen LogP contribution in [0.4, 0.5) is 0 Å². The van der Waals surface area contributed by atoms with E-state index < -0.39 is 0 Å². The first kappa shape index (κ1) is 14.6. The Hall–Kier alpha value is 2.07. The second-order valence-electron chi connectivity index (χ2n) is 2.20. The Morgan fingerprint density at radius 2 is 2.00 bits per heavy atom. The van der Waals surface area contributed by atoms with Crippen molar-refractivity contribution in [1.82, 2.24) is 0 Å². The van der Waals surface area contributed by atoms with Gasteiger partial charge in [0.05, 0.1) is 3.55 Å². The number of alkyl halides is 2. The van der Waals surface area contributed by atoms with E-state index in [1.807, 2.05) is 6.92 Å². The fourth-order valence-corrected chi connectivity index (χ4v) is 1.10. The maximum absolute atomic E-state index is 5.79. The van der Waals surface area contributed by atoms with Crippen molar-refractivity contribution in [3.63, 3.8) is 0 Å². The minimum Gasteiger partial charge on any atom is -0.330 e. The monoisotopic (exact) mass is 549 g/mol. The van der Waals surface area contributed by atoms with E-state index in [2.05, 4.69) is 45.2 Å². The molecular weight excluding hydrogens is 537 g/mol. The molecule has 0 aliphatic heterocycles. The second kappa shape index (κ2) is 6.57. The molecule has 0 heterocycles. The smallest absolute Gasteiger partial charge is 0.0771 e. The van der Waals surface area contributed by atoms with Crippen molar-refractivity contribution < 1.29 is 21.1 Å². The van der Waals surface area contributed by atoms with Gasteiger partial charge in [-0.3, -0.25) is 0 Å². The fourth-order valence-electron chi connectivity index (χ4n) is 0.429. The van der Waals surface area contributed by atoms with E-state index in [4.69, 9.17) is 11.5 Å². The predicted octanol–water partition coefficient (Wildman–Crippen LogP) is 1.25. The molecule has 0 fully saturated rings. The molecule has 0 rings (SSSR count). The van der Waals surface area contributed by atoms with Crippen LogP contribution >= 0.6 is 45.2 Å². The predicted molar refractivity (Wildman–Crippen MR) is 58.1 cm³/mol. The second-order valence-corrected chi connectivity index (χ2v) is 6.02. The van der Waals surface area contributed by atoms with Gasteiger partial charge in [-0.25, -0.2) is 0 Å². The van der Waals surface area contributed by atoms with Gasteiger partial charge in [-0.1, -0.05) is 45.2 Å². The van der Waals surface area contributed by atoms with E-state index in [0.717, 1.165) is 13.0 Å². The fraction of sp³-hybridized carbons (Fsp3) is 1.00. The van der Waals surface area contributed by atoms with E-state index in [0.29, 0.717) is 3.92 Å². The third-order valence-electron chi connectivity index (χ3n) is 1.03. The minimum absolute atomic E-state index is 0. The molecule has 5 heteroatoms. The van der Waals surface area contributed by atoms with Crippen LogP contribution in [0.2, 0.25) is 0 Å². The summed E-state index contributed by atoms with van der Waals surface area (Å²) >= 11 is 4.58. The first-order chi connectivity index (χ1) is 3.98. The molecule has 0 bridgehead atoms. The standard InChI is InChI=1S/C5H12I2N2.Pt/c1-5(7,9)4(6)2-3-8;/h4H,2-3,8-9H2,1H3;. The number of rotatable bonds is 3. The van der Waals surface area contributed by atoms with Crippen LogP contribution in [-0.4, -0.2) is 14.0 Å². The molecule has 0 saturated carbocycles. The van der Waals surface area contributed by atoms with Gasteiger partial charge in [-0.15, -0.1) is 0 Å². The molecule has 0 aromatic heterocycles. The van der Waals surface area contributed by atoms with Crippen LogP contribution in [0.3, 0.4) is 0 Å². The Labute approximate surface area is 104 Å². The van der Waals surface area contributed by atoms with Gasteiger partial charge in [0.25, 0.3) is 0 Å². The topological polar surface area (TPSA) is 52.0 Å². The van der Waals surface area contributed by atoms with Crippen molar-refractivity contribution in [2.24, 2.45) is 11.5 Å². The van der Waals surface area contributed by atoms with Crippen molar-refractivity contribution in [3.8, 4) is 0 Å². The van der Waals surface area contributed by atoms with Gasteiger partial charge in [0.1, 0.15) is 0 Å². The molecule has 4 N–H and O–H groups in total. The molecule has 0 saturated heterocycles. The molecule has 0 aromatic carbocycles. The Kier molecular flexibility index (Phi) is 9.58. The Morgan fingerprint density at radius 3 is 2.10 bits per heavy atom. The van der Waals surface area contributed by atoms with Crippen LogP contribution in [0.15, 0.2) is 0 Å². The molecule has 2 unspecified atom stereocenters. The quantitative estimate of drug-likeness (QED) is 0.317. The molecule has 2 nitrogen and oxygen atoms in total. The molecule has 0 amide bonds. The van der Waals surface area contributed by atoms with Gasteiger partial charge in [0, 0.05) is 25.0 Å². The largest absolute Gasteiger partial charge is 0.330 e. The zero-order valence-electron chi connectivity index (χ0n) is 5.72. The van der Waals surface area contributed by atoms with Crippen molar-refractivity contribution >= 4 is 45.2 Å². The molecular formula is C5H12I2N2Pt. The maximum atomic E-state index is 5.79. The van der Waals surface area contributed by atoms with Gasteiger partial charge in [-0.2, -0.15) is 0 Å². The summed E-state index contributed by atoms with van der Waals surface area (Å²) in [6.45, 7) is 2.74. The van der Waals surface area contributed by atoms with Crippen LogP contribution in [0.25, 0.3) is 0 Å². The van der Waals surface area contributed by atoms with Crippen molar-refractivity contribution in [2.45, 2.75) is 20.8 Å². The first-order valence-electron chi connectivity index (χ1n) is 2.80. The molecule has 0 radical (unpaired) electrons. The van der Waals surface area contributed by atoms with Crippen molar-refractivity contribution in [3.05, 3.63) is 0 Å². The maximum Gasteiger partial charge on any atom is 0.0771 e. The van der Waals surface area contributed by atoms with Gasteiger partial charge in [0.2, 0.25) is 0 Å². The number of hydrogen-bond donors (Lipinski definition) is 2. The van der Waals surface area contributed by atoms with Crippen LogP contribution in [0.1, 0.15) is 13.3 Å². The average Bonchev–Trinajstić information content (AvgIpc) is 1.64. The Balaban J connectivity index is 0. The van der Waals surface area contributed by atoms with Gasteiger partial charge < -0.3 is 11.5 Å². The summed E-state index contributed by atoms with van der Waals surface area (Å²) in [7, 11) is 0. The third-order valence-corrected chi connectivity index (χ3v) is 4.89. The molecule has 66 valence electrons. The average molecular weight is 549 g/mol. The van der Waals surface area contributed by atoms with Gasteiger partial charge in [0.15, 0.2) is 0 Å². The summed E-state index contributed by atoms with van der Waals surface area (Å²) in [5.41, 5.74) is 11.2. The van der Waals surface area contributed by atoms with E-state index in [-0.39, 0.29) is 24.6 Å². The Morgan fingerprint density at radius 1 is 1.60 bits per heavy atom. The number of nitrogens with two attached hydrogens (primary N) is 2. The summed E-state index contributed by atoms with van der Waals surface area (Å²) in [4.78, 5) is 0. The van der Waals surface area contributed by atoms with Crippen molar-refractivity contribution in [2.75, 3.05) is 6.54 Å². The zero-order valence-corrected chi connectivity index (χ0v) is 12.3. The zero-order chi connectivity index (χ0) is 7.49. The molecule has 0 spiro atoms. The van der Waals surface area contributed by atoms with E-state index in [1.54, 1.807) is 0 Å². The molecule has 0 aliphatic carbocycles. The number of hydrogen-bond acceptors (Lipinski definition) is 2. The van der Waals surface area contributed by atoms with Crippen LogP contribution in [-0.2, 0) is 21.1 Å². The molecule has 2 atom stereocenters. The summed E-state index contributed by atoms with van der Waals surface area (Å²) in [5, 5.41) is 0. The van der Waals surface area contributed by atoms with Gasteiger partial charge in [-0.05, 0) is 19.9 Å². The third kappa shape index (κ3) is 6.76.